The maximum atomic E-state index is 14.2. The first-order chi connectivity index (χ1) is 19.7. The van der Waals surface area contributed by atoms with Gasteiger partial charge >= 0.3 is 0 Å². The molecule has 0 heterocycles. The Balaban J connectivity index is 2.07. The number of rotatable bonds is 12. The Hall–Kier alpha value is -3.56. The summed E-state index contributed by atoms with van der Waals surface area (Å²) in [6.45, 7) is 11.2. The summed E-state index contributed by atoms with van der Waals surface area (Å²) < 4.78 is 34.6. The number of amides is 2. The topological polar surface area (TPSA) is 96.0 Å². The number of carbonyl (C=O) groups is 2. The van der Waals surface area contributed by atoms with Crippen molar-refractivity contribution >= 4 is 39.1 Å². The van der Waals surface area contributed by atoms with Crippen LogP contribution in [-0.4, -0.2) is 49.9 Å². The van der Waals surface area contributed by atoms with Crippen LogP contribution in [0.5, 0.6) is 5.75 Å². The highest BCUT2D eigenvalue weighted by atomic mass is 35.5. The molecule has 1 atom stereocenters. The quantitative estimate of drug-likeness (QED) is 0.272. The van der Waals surface area contributed by atoms with Gasteiger partial charge in [0, 0.05) is 17.1 Å². The number of hydrogen-bond donors (Lipinski definition) is 1. The van der Waals surface area contributed by atoms with Crippen molar-refractivity contribution in [1.29, 1.82) is 0 Å². The molecule has 42 heavy (non-hydrogen) atoms. The number of hydrogen-bond acceptors (Lipinski definition) is 5. The third-order valence-electron chi connectivity index (χ3n) is 6.47. The smallest absolute Gasteiger partial charge is 0.264 e. The van der Waals surface area contributed by atoms with Gasteiger partial charge in [-0.25, -0.2) is 8.42 Å². The number of sulfonamides is 1. The molecule has 0 fully saturated rings. The second-order valence-corrected chi connectivity index (χ2v) is 13.4. The molecule has 0 unspecified atom stereocenters. The zero-order valence-electron chi connectivity index (χ0n) is 25.1. The molecule has 0 aliphatic rings. The van der Waals surface area contributed by atoms with E-state index in [1.807, 2.05) is 41.5 Å². The Bertz CT molecular complexity index is 1450. The van der Waals surface area contributed by atoms with Gasteiger partial charge in [-0.2, -0.15) is 0 Å². The highest BCUT2D eigenvalue weighted by Crippen LogP contribution is 2.27. The summed E-state index contributed by atoms with van der Waals surface area (Å²) in [4.78, 5) is 29.1. The Labute approximate surface area is 254 Å². The van der Waals surface area contributed by atoms with Crippen molar-refractivity contribution in [2.45, 2.75) is 71.0 Å². The number of ether oxygens (including phenoxy) is 1. The summed E-state index contributed by atoms with van der Waals surface area (Å²) in [5.41, 5.74) is 1.43. The van der Waals surface area contributed by atoms with Gasteiger partial charge in [-0.3, -0.25) is 13.9 Å². The summed E-state index contributed by atoms with van der Waals surface area (Å²) in [5.74, 6) is -0.263. The Morgan fingerprint density at radius 2 is 1.52 bits per heavy atom. The van der Waals surface area contributed by atoms with Gasteiger partial charge in [0.2, 0.25) is 11.8 Å². The second kappa shape index (κ2) is 14.1. The van der Waals surface area contributed by atoms with Crippen molar-refractivity contribution in [3.05, 3.63) is 88.9 Å². The first kappa shape index (κ1) is 32.9. The molecule has 0 aliphatic heterocycles. The molecule has 3 aromatic rings. The van der Waals surface area contributed by atoms with Crippen molar-refractivity contribution in [1.82, 2.24) is 10.2 Å². The minimum Gasteiger partial charge on any atom is -0.494 e. The fraction of sp³-hybridized carbons (Fsp3) is 0.375. The normalized spacial score (nSPS) is 12.4. The van der Waals surface area contributed by atoms with Gasteiger partial charge in [0.1, 0.15) is 18.3 Å². The first-order valence-electron chi connectivity index (χ1n) is 13.9. The van der Waals surface area contributed by atoms with Crippen LogP contribution >= 0.6 is 11.6 Å². The molecule has 0 saturated heterocycles. The number of nitrogens with zero attached hydrogens (tertiary/aromatic N) is 2. The van der Waals surface area contributed by atoms with E-state index >= 15 is 0 Å². The lowest BCUT2D eigenvalue weighted by Gasteiger charge is -2.34. The highest BCUT2D eigenvalue weighted by molar-refractivity contribution is 7.92. The van der Waals surface area contributed by atoms with Crippen molar-refractivity contribution in [2.24, 2.45) is 0 Å². The number of nitrogens with one attached hydrogen (secondary N) is 1. The Morgan fingerprint density at radius 1 is 0.929 bits per heavy atom. The molecule has 0 spiro atoms. The molecule has 3 rings (SSSR count). The van der Waals surface area contributed by atoms with Crippen LogP contribution in [0, 0.1) is 6.92 Å². The van der Waals surface area contributed by atoms with E-state index in [0.29, 0.717) is 29.5 Å². The largest absolute Gasteiger partial charge is 0.494 e. The van der Waals surface area contributed by atoms with E-state index in [1.165, 1.54) is 17.0 Å². The van der Waals surface area contributed by atoms with Gasteiger partial charge in [-0.05, 0) is 95.1 Å². The third kappa shape index (κ3) is 8.72. The van der Waals surface area contributed by atoms with E-state index < -0.39 is 34.1 Å². The number of benzene rings is 3. The van der Waals surface area contributed by atoms with Gasteiger partial charge in [0.05, 0.1) is 17.2 Å². The molecule has 2 amide bonds. The number of aryl methyl sites for hydroxylation is 1. The molecule has 1 N–H and O–H groups in total. The van der Waals surface area contributed by atoms with Crippen LogP contribution < -0.4 is 14.4 Å². The number of anilines is 1. The van der Waals surface area contributed by atoms with Gasteiger partial charge in [-0.15, -0.1) is 0 Å². The second-order valence-electron chi connectivity index (χ2n) is 11.1. The minimum atomic E-state index is -4.16. The molecule has 3 aromatic carbocycles. The molecule has 0 saturated carbocycles. The molecule has 0 aromatic heterocycles. The summed E-state index contributed by atoms with van der Waals surface area (Å²) in [7, 11) is -4.16. The zero-order valence-corrected chi connectivity index (χ0v) is 26.6. The SMILES string of the molecule is CCOc1ccc(N(CC(=O)N(Cc2ccc(Cl)cc2)[C@H](CC)C(=O)NC(C)(C)C)S(=O)(=O)c2ccc(C)cc2)cc1. The average molecular weight is 614 g/mol. The van der Waals surface area contributed by atoms with Crippen LogP contribution in [0.2, 0.25) is 5.02 Å². The lowest BCUT2D eigenvalue weighted by Crippen LogP contribution is -2.55. The van der Waals surface area contributed by atoms with E-state index in [-0.39, 0.29) is 17.3 Å². The average Bonchev–Trinajstić information content (AvgIpc) is 2.92. The standard InChI is InChI=1S/C32H40ClN3O5S/c1-7-29(31(38)34-32(4,5)6)35(21-24-11-13-25(33)14-12-24)30(37)22-36(26-15-17-27(18-16-26)41-8-2)42(39,40)28-19-9-23(3)10-20-28/h9-20,29H,7-8,21-22H2,1-6H3,(H,34,38)/t29-/m1/s1. The fourth-order valence-corrected chi connectivity index (χ4v) is 5.94. The van der Waals surface area contributed by atoms with E-state index in [1.54, 1.807) is 60.7 Å². The summed E-state index contributed by atoms with van der Waals surface area (Å²) >= 11 is 6.08. The van der Waals surface area contributed by atoms with Gasteiger partial charge in [-0.1, -0.05) is 48.4 Å². The van der Waals surface area contributed by atoms with Gasteiger partial charge < -0.3 is 15.0 Å². The molecule has 0 aliphatic carbocycles. The monoisotopic (exact) mass is 613 g/mol. The van der Waals surface area contributed by atoms with Crippen LogP contribution in [0.1, 0.15) is 52.2 Å². The van der Waals surface area contributed by atoms with Crippen molar-refractivity contribution in [2.75, 3.05) is 17.5 Å². The predicted molar refractivity (Wildman–Crippen MR) is 167 cm³/mol. The van der Waals surface area contributed by atoms with Crippen LogP contribution in [0.25, 0.3) is 0 Å². The van der Waals surface area contributed by atoms with Gasteiger partial charge in [0.15, 0.2) is 0 Å². The number of carbonyl (C=O) groups excluding carboxylic acids is 2. The van der Waals surface area contributed by atoms with Crippen molar-refractivity contribution < 1.29 is 22.7 Å². The predicted octanol–water partition coefficient (Wildman–Crippen LogP) is 5.96. The molecule has 10 heteroatoms. The maximum Gasteiger partial charge on any atom is 0.264 e. The number of halogens is 1. The molecule has 8 nitrogen and oxygen atoms in total. The first-order valence-corrected chi connectivity index (χ1v) is 15.7. The summed E-state index contributed by atoms with van der Waals surface area (Å²) in [6, 6.07) is 19.2. The van der Waals surface area contributed by atoms with Crippen molar-refractivity contribution in [3.8, 4) is 5.75 Å². The maximum absolute atomic E-state index is 14.2. The van der Waals surface area contributed by atoms with Crippen LogP contribution in [0.4, 0.5) is 5.69 Å². The molecular weight excluding hydrogens is 574 g/mol. The van der Waals surface area contributed by atoms with Crippen molar-refractivity contribution in [3.63, 3.8) is 0 Å². The molecular formula is C32H40ClN3O5S. The fourth-order valence-electron chi connectivity index (χ4n) is 4.40. The molecule has 0 radical (unpaired) electrons. The Morgan fingerprint density at radius 3 is 2.05 bits per heavy atom. The Kier molecular flexibility index (Phi) is 11.0. The van der Waals surface area contributed by atoms with Crippen LogP contribution in [0.3, 0.4) is 0 Å². The molecule has 226 valence electrons. The summed E-state index contributed by atoms with van der Waals surface area (Å²) in [5, 5.41) is 3.51. The third-order valence-corrected chi connectivity index (χ3v) is 8.51. The van der Waals surface area contributed by atoms with Gasteiger partial charge in [0.25, 0.3) is 10.0 Å². The highest BCUT2D eigenvalue weighted by Gasteiger charge is 2.34. The van der Waals surface area contributed by atoms with Crippen LogP contribution in [-0.2, 0) is 26.2 Å². The van der Waals surface area contributed by atoms with E-state index in [4.69, 9.17) is 16.3 Å². The van der Waals surface area contributed by atoms with E-state index in [2.05, 4.69) is 5.32 Å². The van der Waals surface area contributed by atoms with Crippen LogP contribution in [0.15, 0.2) is 77.7 Å². The minimum absolute atomic E-state index is 0.0524. The lowest BCUT2D eigenvalue weighted by atomic mass is 10.1. The summed E-state index contributed by atoms with van der Waals surface area (Å²) in [6.07, 6.45) is 0.328. The zero-order chi connectivity index (χ0) is 31.1. The lowest BCUT2D eigenvalue weighted by molar-refractivity contribution is -0.141. The molecule has 0 bridgehead atoms. The van der Waals surface area contributed by atoms with E-state index in [0.717, 1.165) is 15.4 Å². The van der Waals surface area contributed by atoms with E-state index in [9.17, 15) is 18.0 Å².